The van der Waals surface area contributed by atoms with Crippen LogP contribution >= 0.6 is 0 Å². The molecule has 0 spiro atoms. The first-order chi connectivity index (χ1) is 11.6. The van der Waals surface area contributed by atoms with E-state index < -0.39 is 0 Å². The number of methoxy groups -OCH3 is 1. The normalized spacial score (nSPS) is 9.92. The second-order valence-corrected chi connectivity index (χ2v) is 5.06. The van der Waals surface area contributed by atoms with Crippen LogP contribution in [0.15, 0.2) is 36.4 Å². The summed E-state index contributed by atoms with van der Waals surface area (Å²) in [7, 11) is 1.48. The van der Waals surface area contributed by atoms with Gasteiger partial charge >= 0.3 is 0 Å². The molecule has 0 heterocycles. The highest BCUT2D eigenvalue weighted by molar-refractivity contribution is 6.07. The van der Waals surface area contributed by atoms with Gasteiger partial charge in [-0.2, -0.15) is 5.26 Å². The van der Waals surface area contributed by atoms with Crippen molar-refractivity contribution in [2.75, 3.05) is 19.0 Å². The number of hydrogen-bond acceptors (Lipinski definition) is 4. The standard InChI is InChI=1S/C19H20N2O3/c1-4-14-8-6-7-9-16(14)21-19(22)15-10-13(12-20)11-17(23-3)18(15)24-5-2/h6-11H,4-5H2,1-3H3,(H,21,22). The number of para-hydroxylation sites is 1. The Morgan fingerprint density at radius 3 is 2.62 bits per heavy atom. The molecule has 0 aromatic heterocycles. The van der Waals surface area contributed by atoms with Crippen molar-refractivity contribution < 1.29 is 14.3 Å². The molecule has 0 saturated heterocycles. The van der Waals surface area contributed by atoms with Crippen molar-refractivity contribution in [2.24, 2.45) is 0 Å². The van der Waals surface area contributed by atoms with Gasteiger partial charge in [-0.25, -0.2) is 0 Å². The predicted molar refractivity (Wildman–Crippen MR) is 92.7 cm³/mol. The van der Waals surface area contributed by atoms with Crippen molar-refractivity contribution in [3.63, 3.8) is 0 Å². The van der Waals surface area contributed by atoms with Gasteiger partial charge in [0.05, 0.1) is 30.9 Å². The first-order valence-electron chi connectivity index (χ1n) is 7.78. The van der Waals surface area contributed by atoms with Crippen molar-refractivity contribution in [3.8, 4) is 17.6 Å². The van der Waals surface area contributed by atoms with E-state index in [9.17, 15) is 10.1 Å². The molecule has 0 atom stereocenters. The Hall–Kier alpha value is -3.00. The third-order valence-electron chi connectivity index (χ3n) is 3.58. The van der Waals surface area contributed by atoms with Crippen molar-refractivity contribution in [1.29, 1.82) is 5.26 Å². The number of carbonyl (C=O) groups is 1. The van der Waals surface area contributed by atoms with Crippen LogP contribution in [0.2, 0.25) is 0 Å². The van der Waals surface area contributed by atoms with Gasteiger partial charge in [0.25, 0.3) is 5.91 Å². The first kappa shape index (κ1) is 17.4. The predicted octanol–water partition coefficient (Wildman–Crippen LogP) is 3.78. The van der Waals surface area contributed by atoms with E-state index in [2.05, 4.69) is 5.32 Å². The number of amides is 1. The number of ether oxygens (including phenoxy) is 2. The molecule has 0 unspecified atom stereocenters. The molecule has 0 radical (unpaired) electrons. The molecule has 2 aromatic rings. The maximum absolute atomic E-state index is 12.8. The molecule has 0 saturated carbocycles. The summed E-state index contributed by atoms with van der Waals surface area (Å²) in [4.78, 5) is 12.8. The third kappa shape index (κ3) is 3.66. The maximum atomic E-state index is 12.8. The number of anilines is 1. The average Bonchev–Trinajstić information content (AvgIpc) is 2.62. The fraction of sp³-hybridized carbons (Fsp3) is 0.263. The fourth-order valence-corrected chi connectivity index (χ4v) is 2.42. The molecule has 24 heavy (non-hydrogen) atoms. The highest BCUT2D eigenvalue weighted by Gasteiger charge is 2.20. The zero-order valence-electron chi connectivity index (χ0n) is 14.1. The molecule has 0 fully saturated rings. The third-order valence-corrected chi connectivity index (χ3v) is 3.58. The summed E-state index contributed by atoms with van der Waals surface area (Å²) in [5, 5.41) is 12.1. The van der Waals surface area contributed by atoms with Crippen LogP contribution in [0, 0.1) is 11.3 Å². The van der Waals surface area contributed by atoms with Gasteiger partial charge in [-0.3, -0.25) is 4.79 Å². The number of aryl methyl sites for hydroxylation is 1. The zero-order valence-corrected chi connectivity index (χ0v) is 14.1. The molecule has 0 aliphatic heterocycles. The highest BCUT2D eigenvalue weighted by atomic mass is 16.5. The Morgan fingerprint density at radius 1 is 1.25 bits per heavy atom. The molecule has 124 valence electrons. The zero-order chi connectivity index (χ0) is 17.5. The van der Waals surface area contributed by atoms with Crippen LogP contribution in [0.1, 0.15) is 35.3 Å². The monoisotopic (exact) mass is 324 g/mol. The lowest BCUT2D eigenvalue weighted by Gasteiger charge is -2.15. The number of carbonyl (C=O) groups excluding carboxylic acids is 1. The van der Waals surface area contributed by atoms with Crippen LogP contribution in [0.4, 0.5) is 5.69 Å². The Labute approximate surface area is 141 Å². The maximum Gasteiger partial charge on any atom is 0.259 e. The second-order valence-electron chi connectivity index (χ2n) is 5.06. The van der Waals surface area contributed by atoms with Crippen molar-refractivity contribution in [1.82, 2.24) is 0 Å². The van der Waals surface area contributed by atoms with E-state index in [-0.39, 0.29) is 11.5 Å². The van der Waals surface area contributed by atoms with Gasteiger partial charge in [0.1, 0.15) is 0 Å². The van der Waals surface area contributed by atoms with E-state index in [1.54, 1.807) is 6.07 Å². The summed E-state index contributed by atoms with van der Waals surface area (Å²) in [6.07, 6.45) is 0.802. The molecule has 5 heteroatoms. The molecule has 2 rings (SSSR count). The van der Waals surface area contributed by atoms with E-state index in [1.165, 1.54) is 13.2 Å². The minimum Gasteiger partial charge on any atom is -0.493 e. The van der Waals surface area contributed by atoms with Crippen molar-refractivity contribution in [2.45, 2.75) is 20.3 Å². The van der Waals surface area contributed by atoms with Crippen LogP contribution in [-0.4, -0.2) is 19.6 Å². The Bertz CT molecular complexity index is 779. The lowest BCUT2D eigenvalue weighted by Crippen LogP contribution is -2.15. The van der Waals surface area contributed by atoms with E-state index in [0.717, 1.165) is 17.7 Å². The number of nitrogens with one attached hydrogen (secondary N) is 1. The van der Waals surface area contributed by atoms with Gasteiger partial charge < -0.3 is 14.8 Å². The molecule has 1 amide bonds. The lowest BCUT2D eigenvalue weighted by atomic mass is 10.1. The average molecular weight is 324 g/mol. The highest BCUT2D eigenvalue weighted by Crippen LogP contribution is 2.33. The fourth-order valence-electron chi connectivity index (χ4n) is 2.42. The lowest BCUT2D eigenvalue weighted by molar-refractivity contribution is 0.102. The van der Waals surface area contributed by atoms with Crippen molar-refractivity contribution >= 4 is 11.6 Å². The summed E-state index contributed by atoms with van der Waals surface area (Å²) in [6.45, 7) is 4.23. The van der Waals surface area contributed by atoms with Crippen LogP contribution < -0.4 is 14.8 Å². The van der Waals surface area contributed by atoms with Gasteiger partial charge in [0.2, 0.25) is 0 Å². The minimum absolute atomic E-state index is 0.277. The van der Waals surface area contributed by atoms with Gasteiger partial charge in [-0.15, -0.1) is 0 Å². The summed E-state index contributed by atoms with van der Waals surface area (Å²) in [5.41, 5.74) is 2.39. The summed E-state index contributed by atoms with van der Waals surface area (Å²) < 4.78 is 10.8. The smallest absolute Gasteiger partial charge is 0.259 e. The van der Waals surface area contributed by atoms with Crippen LogP contribution in [-0.2, 0) is 6.42 Å². The number of hydrogen-bond donors (Lipinski definition) is 1. The van der Waals surface area contributed by atoms with Gasteiger partial charge in [0, 0.05) is 11.8 Å². The van der Waals surface area contributed by atoms with Gasteiger partial charge in [-0.1, -0.05) is 25.1 Å². The minimum atomic E-state index is -0.338. The van der Waals surface area contributed by atoms with Crippen LogP contribution in [0.5, 0.6) is 11.5 Å². The van der Waals surface area contributed by atoms with Gasteiger partial charge in [0.15, 0.2) is 11.5 Å². The number of nitriles is 1. The van der Waals surface area contributed by atoms with E-state index >= 15 is 0 Å². The van der Waals surface area contributed by atoms with E-state index in [1.807, 2.05) is 44.2 Å². The molecule has 1 N–H and O–H groups in total. The molecule has 5 nitrogen and oxygen atoms in total. The molecule has 0 bridgehead atoms. The Kier molecular flexibility index (Phi) is 5.80. The SMILES string of the molecule is CCOc1c(OC)cc(C#N)cc1C(=O)Nc1ccccc1CC. The Balaban J connectivity index is 2.46. The molecule has 0 aliphatic carbocycles. The number of benzene rings is 2. The topological polar surface area (TPSA) is 71.3 Å². The van der Waals surface area contributed by atoms with E-state index in [4.69, 9.17) is 9.47 Å². The van der Waals surface area contributed by atoms with Crippen LogP contribution in [0.3, 0.4) is 0 Å². The van der Waals surface area contributed by atoms with E-state index in [0.29, 0.717) is 23.7 Å². The van der Waals surface area contributed by atoms with Crippen LogP contribution in [0.25, 0.3) is 0 Å². The number of rotatable bonds is 6. The first-order valence-corrected chi connectivity index (χ1v) is 7.78. The summed E-state index contributed by atoms with van der Waals surface area (Å²) >= 11 is 0. The molecular weight excluding hydrogens is 304 g/mol. The molecule has 2 aromatic carbocycles. The van der Waals surface area contributed by atoms with Gasteiger partial charge in [-0.05, 0) is 31.0 Å². The summed E-state index contributed by atoms with van der Waals surface area (Å²) in [6, 6.07) is 12.7. The Morgan fingerprint density at radius 2 is 2.00 bits per heavy atom. The molecule has 0 aliphatic rings. The largest absolute Gasteiger partial charge is 0.493 e. The number of nitrogens with zero attached hydrogens (tertiary/aromatic N) is 1. The summed E-state index contributed by atoms with van der Waals surface area (Å²) in [5.74, 6) is 0.366. The molecular formula is C19H20N2O3. The quantitative estimate of drug-likeness (QED) is 0.878. The second kappa shape index (κ2) is 8.02. The van der Waals surface area contributed by atoms with Crippen molar-refractivity contribution in [3.05, 3.63) is 53.1 Å².